The Labute approximate surface area is 135 Å². The van der Waals surface area contributed by atoms with E-state index in [2.05, 4.69) is 65.4 Å². The lowest BCUT2D eigenvalue weighted by Crippen LogP contribution is -2.15. The Hall–Kier alpha value is -1.32. The molecule has 0 fully saturated rings. The molecule has 0 spiro atoms. The summed E-state index contributed by atoms with van der Waals surface area (Å²) in [7, 11) is 0. The minimum Gasteiger partial charge on any atom is -0.489 e. The van der Waals surface area contributed by atoms with E-state index in [1.54, 1.807) is 0 Å². The van der Waals surface area contributed by atoms with Crippen molar-refractivity contribution < 1.29 is 4.74 Å². The van der Waals surface area contributed by atoms with Crippen LogP contribution in [0, 0.1) is 6.92 Å². The summed E-state index contributed by atoms with van der Waals surface area (Å²) < 4.78 is 7.04. The average molecular weight is 348 g/mol. The highest BCUT2D eigenvalue weighted by atomic mass is 79.9. The Morgan fingerprint density at radius 2 is 1.86 bits per heavy atom. The van der Waals surface area contributed by atoms with Crippen LogP contribution in [0.15, 0.2) is 46.9 Å². The molecule has 3 heteroatoms. The van der Waals surface area contributed by atoms with Crippen LogP contribution in [-0.2, 0) is 13.2 Å². The zero-order chi connectivity index (χ0) is 15.1. The van der Waals surface area contributed by atoms with Gasteiger partial charge in [0.25, 0.3) is 0 Å². The molecule has 0 unspecified atom stereocenters. The third kappa shape index (κ3) is 4.87. The van der Waals surface area contributed by atoms with Crippen molar-refractivity contribution in [3.8, 4) is 5.75 Å². The van der Waals surface area contributed by atoms with Crippen molar-refractivity contribution in [2.75, 3.05) is 6.54 Å². The number of hydrogen-bond donors (Lipinski definition) is 1. The van der Waals surface area contributed by atoms with E-state index in [0.717, 1.165) is 29.7 Å². The maximum absolute atomic E-state index is 5.93. The number of nitrogens with one attached hydrogen (secondary N) is 1. The van der Waals surface area contributed by atoms with Gasteiger partial charge in [-0.1, -0.05) is 47.1 Å². The molecule has 0 heterocycles. The van der Waals surface area contributed by atoms with Crippen molar-refractivity contribution in [2.24, 2.45) is 0 Å². The molecule has 2 rings (SSSR count). The molecule has 0 aliphatic rings. The number of aryl methyl sites for hydroxylation is 1. The second-order valence-corrected chi connectivity index (χ2v) is 6.00. The van der Waals surface area contributed by atoms with Gasteiger partial charge in [-0.3, -0.25) is 0 Å². The molecule has 2 nitrogen and oxygen atoms in total. The van der Waals surface area contributed by atoms with Gasteiger partial charge in [0.05, 0.1) is 0 Å². The fourth-order valence-electron chi connectivity index (χ4n) is 2.14. The van der Waals surface area contributed by atoms with Crippen molar-refractivity contribution in [2.45, 2.75) is 33.4 Å². The van der Waals surface area contributed by atoms with Crippen molar-refractivity contribution in [1.29, 1.82) is 0 Å². The van der Waals surface area contributed by atoms with Crippen molar-refractivity contribution in [1.82, 2.24) is 5.32 Å². The highest BCUT2D eigenvalue weighted by Crippen LogP contribution is 2.22. The van der Waals surface area contributed by atoms with Crippen molar-refractivity contribution in [3.05, 3.63) is 63.6 Å². The molecule has 0 saturated carbocycles. The molecule has 0 aromatic heterocycles. The molecule has 2 aromatic carbocycles. The summed E-state index contributed by atoms with van der Waals surface area (Å²) in [6.45, 7) is 6.79. The van der Waals surface area contributed by atoms with Crippen LogP contribution in [0.2, 0.25) is 0 Å². The van der Waals surface area contributed by atoms with Gasteiger partial charge in [0.2, 0.25) is 0 Å². The second kappa shape index (κ2) is 8.20. The van der Waals surface area contributed by atoms with Crippen molar-refractivity contribution in [3.63, 3.8) is 0 Å². The normalized spacial score (nSPS) is 10.6. The van der Waals surface area contributed by atoms with Crippen LogP contribution in [0.5, 0.6) is 5.75 Å². The lowest BCUT2D eigenvalue weighted by atomic mass is 10.1. The van der Waals surface area contributed by atoms with E-state index >= 15 is 0 Å². The van der Waals surface area contributed by atoms with Crippen LogP contribution in [0.1, 0.15) is 30.0 Å². The Morgan fingerprint density at radius 3 is 2.57 bits per heavy atom. The van der Waals surface area contributed by atoms with E-state index in [0.29, 0.717) is 6.61 Å². The monoisotopic (exact) mass is 347 g/mol. The van der Waals surface area contributed by atoms with Crippen LogP contribution < -0.4 is 10.1 Å². The Morgan fingerprint density at radius 1 is 1.10 bits per heavy atom. The van der Waals surface area contributed by atoms with E-state index in [1.165, 1.54) is 16.7 Å². The summed E-state index contributed by atoms with van der Waals surface area (Å²) in [5.74, 6) is 0.909. The Balaban J connectivity index is 2.00. The van der Waals surface area contributed by atoms with Crippen LogP contribution in [0.25, 0.3) is 0 Å². The first-order chi connectivity index (χ1) is 10.2. The minimum absolute atomic E-state index is 0.602. The highest BCUT2D eigenvalue weighted by Gasteiger charge is 2.03. The molecule has 0 aliphatic heterocycles. The third-order valence-corrected chi connectivity index (χ3v) is 4.27. The van der Waals surface area contributed by atoms with Crippen molar-refractivity contribution >= 4 is 15.9 Å². The van der Waals surface area contributed by atoms with Gasteiger partial charge in [0.15, 0.2) is 0 Å². The molecule has 0 atom stereocenters. The summed E-state index contributed by atoms with van der Waals surface area (Å²) in [4.78, 5) is 0. The number of rotatable bonds is 7. The smallest absolute Gasteiger partial charge is 0.120 e. The molecule has 0 amide bonds. The number of benzene rings is 2. The maximum atomic E-state index is 5.93. The number of ether oxygens (including phenoxy) is 1. The molecular weight excluding hydrogens is 326 g/mol. The molecule has 0 saturated heterocycles. The van der Waals surface area contributed by atoms with E-state index < -0.39 is 0 Å². The second-order valence-electron chi connectivity index (χ2n) is 5.15. The van der Waals surface area contributed by atoms with Crippen LogP contribution >= 0.6 is 15.9 Å². The SMILES string of the molecule is CCCNCc1ccccc1COc1ccc(Br)c(C)c1. The number of halogens is 1. The van der Waals surface area contributed by atoms with Gasteiger partial charge < -0.3 is 10.1 Å². The van der Waals surface area contributed by atoms with Crippen LogP contribution in [0.3, 0.4) is 0 Å². The third-order valence-electron chi connectivity index (χ3n) is 3.38. The maximum Gasteiger partial charge on any atom is 0.120 e. The molecule has 2 aromatic rings. The summed E-state index contributed by atoms with van der Waals surface area (Å²) in [5, 5.41) is 3.44. The van der Waals surface area contributed by atoms with Crippen LogP contribution in [-0.4, -0.2) is 6.54 Å². The molecule has 112 valence electrons. The van der Waals surface area contributed by atoms with Gasteiger partial charge in [-0.15, -0.1) is 0 Å². The predicted molar refractivity (Wildman–Crippen MR) is 91.7 cm³/mol. The molecule has 0 bridgehead atoms. The zero-order valence-corrected chi connectivity index (χ0v) is 14.2. The molecule has 1 N–H and O–H groups in total. The Kier molecular flexibility index (Phi) is 6.27. The molecule has 21 heavy (non-hydrogen) atoms. The van der Waals surface area contributed by atoms with Gasteiger partial charge in [-0.25, -0.2) is 0 Å². The molecule has 0 aliphatic carbocycles. The van der Waals surface area contributed by atoms with E-state index in [-0.39, 0.29) is 0 Å². The van der Waals surface area contributed by atoms with E-state index in [1.807, 2.05) is 12.1 Å². The topological polar surface area (TPSA) is 21.3 Å². The number of hydrogen-bond acceptors (Lipinski definition) is 2. The van der Waals surface area contributed by atoms with Gasteiger partial charge in [0, 0.05) is 11.0 Å². The standard InChI is InChI=1S/C18H22BrNO/c1-3-10-20-12-15-6-4-5-7-16(15)13-21-17-8-9-18(19)14(2)11-17/h4-9,11,20H,3,10,12-13H2,1-2H3. The predicted octanol–water partition coefficient (Wildman–Crippen LogP) is 4.84. The van der Waals surface area contributed by atoms with Crippen LogP contribution in [0.4, 0.5) is 0 Å². The van der Waals surface area contributed by atoms with Gasteiger partial charge >= 0.3 is 0 Å². The van der Waals surface area contributed by atoms with E-state index in [4.69, 9.17) is 4.74 Å². The average Bonchev–Trinajstić information content (AvgIpc) is 2.50. The Bertz CT molecular complexity index is 583. The van der Waals surface area contributed by atoms with Gasteiger partial charge in [0.1, 0.15) is 12.4 Å². The zero-order valence-electron chi connectivity index (χ0n) is 12.7. The highest BCUT2D eigenvalue weighted by molar-refractivity contribution is 9.10. The van der Waals surface area contributed by atoms with E-state index in [9.17, 15) is 0 Å². The molecular formula is C18H22BrNO. The summed E-state index contributed by atoms with van der Waals surface area (Å²) in [5.41, 5.74) is 3.73. The summed E-state index contributed by atoms with van der Waals surface area (Å²) in [6.07, 6.45) is 1.15. The first kappa shape index (κ1) is 16.1. The lowest BCUT2D eigenvalue weighted by molar-refractivity contribution is 0.304. The fraction of sp³-hybridized carbons (Fsp3) is 0.333. The first-order valence-electron chi connectivity index (χ1n) is 7.37. The summed E-state index contributed by atoms with van der Waals surface area (Å²) in [6, 6.07) is 14.5. The quantitative estimate of drug-likeness (QED) is 0.723. The first-order valence-corrected chi connectivity index (χ1v) is 8.16. The fourth-order valence-corrected chi connectivity index (χ4v) is 2.39. The lowest BCUT2D eigenvalue weighted by Gasteiger charge is -2.12. The largest absolute Gasteiger partial charge is 0.489 e. The minimum atomic E-state index is 0.602. The molecule has 0 radical (unpaired) electrons. The van der Waals surface area contributed by atoms with Gasteiger partial charge in [-0.2, -0.15) is 0 Å². The summed E-state index contributed by atoms with van der Waals surface area (Å²) >= 11 is 3.51. The van der Waals surface area contributed by atoms with Gasteiger partial charge in [-0.05, 0) is 54.8 Å².